The van der Waals surface area contributed by atoms with Crippen LogP contribution in [0.25, 0.3) is 0 Å². The monoisotopic (exact) mass is 293 g/mol. The fourth-order valence-electron chi connectivity index (χ4n) is 2.19. The van der Waals surface area contributed by atoms with Crippen LogP contribution >= 0.6 is 0 Å². The number of hydrogen-bond acceptors (Lipinski definition) is 5. The zero-order valence-electron chi connectivity index (χ0n) is 12.6. The molecular formula is C15H23N3O3. The Hall–Kier alpha value is -1.50. The highest BCUT2D eigenvalue weighted by atomic mass is 16.5. The van der Waals surface area contributed by atoms with Gasteiger partial charge in [-0.1, -0.05) is 0 Å². The molecule has 0 saturated carbocycles. The summed E-state index contributed by atoms with van der Waals surface area (Å²) < 4.78 is 11.4. The Morgan fingerprint density at radius 2 is 2.24 bits per heavy atom. The second-order valence-electron chi connectivity index (χ2n) is 5.39. The molecular weight excluding hydrogens is 270 g/mol. The number of carbonyl (C=O) groups is 1. The maximum Gasteiger partial charge on any atom is 0.251 e. The molecule has 6 nitrogen and oxygen atoms in total. The number of nitrogens with one attached hydrogen (secondary N) is 1. The summed E-state index contributed by atoms with van der Waals surface area (Å²) in [6.07, 6.45) is 4.02. The summed E-state index contributed by atoms with van der Waals surface area (Å²) in [5.41, 5.74) is 0.600. The van der Waals surface area contributed by atoms with E-state index in [1.54, 1.807) is 24.5 Å². The minimum atomic E-state index is -0.117. The molecule has 2 atom stereocenters. The van der Waals surface area contributed by atoms with Gasteiger partial charge >= 0.3 is 0 Å². The van der Waals surface area contributed by atoms with Gasteiger partial charge in [-0.3, -0.25) is 9.78 Å². The molecule has 116 valence electrons. The van der Waals surface area contributed by atoms with Crippen molar-refractivity contribution in [1.82, 2.24) is 15.2 Å². The van der Waals surface area contributed by atoms with Crippen molar-refractivity contribution in [2.24, 2.45) is 0 Å². The summed E-state index contributed by atoms with van der Waals surface area (Å²) >= 11 is 0. The lowest BCUT2D eigenvalue weighted by Crippen LogP contribution is -2.51. The highest BCUT2D eigenvalue weighted by molar-refractivity contribution is 5.94. The lowest BCUT2D eigenvalue weighted by molar-refractivity contribution is -0.0561. The maximum atomic E-state index is 12.2. The van der Waals surface area contributed by atoms with Gasteiger partial charge in [0, 0.05) is 31.1 Å². The summed E-state index contributed by atoms with van der Waals surface area (Å²) in [6.45, 7) is 2.68. The zero-order valence-corrected chi connectivity index (χ0v) is 12.6. The van der Waals surface area contributed by atoms with Gasteiger partial charge in [0.1, 0.15) is 0 Å². The van der Waals surface area contributed by atoms with Crippen molar-refractivity contribution in [3.8, 4) is 0 Å². The van der Waals surface area contributed by atoms with Gasteiger partial charge in [0.05, 0.1) is 25.4 Å². The van der Waals surface area contributed by atoms with Crippen molar-refractivity contribution in [3.63, 3.8) is 0 Å². The van der Waals surface area contributed by atoms with Gasteiger partial charge < -0.3 is 19.7 Å². The van der Waals surface area contributed by atoms with Crippen LogP contribution in [0.1, 0.15) is 16.8 Å². The summed E-state index contributed by atoms with van der Waals surface area (Å²) in [7, 11) is 4.02. The van der Waals surface area contributed by atoms with Crippen molar-refractivity contribution in [1.29, 1.82) is 0 Å². The average Bonchev–Trinajstić information content (AvgIpc) is 2.49. The van der Waals surface area contributed by atoms with Crippen LogP contribution in [-0.4, -0.2) is 68.4 Å². The molecule has 1 aliphatic heterocycles. The lowest BCUT2D eigenvalue weighted by atomic mass is 10.1. The normalized spacial score (nSPS) is 22.2. The molecule has 0 aromatic carbocycles. The molecule has 1 aromatic heterocycles. The van der Waals surface area contributed by atoms with E-state index in [9.17, 15) is 4.79 Å². The number of rotatable bonds is 6. The van der Waals surface area contributed by atoms with Gasteiger partial charge in [-0.25, -0.2) is 0 Å². The smallest absolute Gasteiger partial charge is 0.251 e. The number of aromatic nitrogens is 1. The van der Waals surface area contributed by atoms with Crippen LogP contribution in [0.3, 0.4) is 0 Å². The molecule has 1 aliphatic rings. The van der Waals surface area contributed by atoms with Gasteiger partial charge in [0.25, 0.3) is 5.91 Å². The highest BCUT2D eigenvalue weighted by Crippen LogP contribution is 2.13. The van der Waals surface area contributed by atoms with E-state index >= 15 is 0 Å². The molecule has 2 rings (SSSR count). The van der Waals surface area contributed by atoms with E-state index in [0.29, 0.717) is 25.4 Å². The molecule has 1 saturated heterocycles. The molecule has 2 heterocycles. The molecule has 1 N–H and O–H groups in total. The topological polar surface area (TPSA) is 63.7 Å². The first-order valence-corrected chi connectivity index (χ1v) is 7.22. The minimum absolute atomic E-state index is 0.00415. The van der Waals surface area contributed by atoms with Crippen molar-refractivity contribution >= 4 is 5.91 Å². The third kappa shape index (κ3) is 5.08. The fourth-order valence-corrected chi connectivity index (χ4v) is 2.19. The first-order valence-electron chi connectivity index (χ1n) is 7.22. The number of carbonyl (C=O) groups excluding carboxylic acids is 1. The van der Waals surface area contributed by atoms with E-state index in [-0.39, 0.29) is 18.1 Å². The Balaban J connectivity index is 1.88. The van der Waals surface area contributed by atoms with Crippen LogP contribution in [0, 0.1) is 0 Å². The summed E-state index contributed by atoms with van der Waals surface area (Å²) in [5.74, 6) is -0.117. The van der Waals surface area contributed by atoms with Crippen LogP contribution < -0.4 is 5.32 Å². The van der Waals surface area contributed by atoms with Gasteiger partial charge in [-0.15, -0.1) is 0 Å². The van der Waals surface area contributed by atoms with Crippen LogP contribution in [0.5, 0.6) is 0 Å². The van der Waals surface area contributed by atoms with Crippen LogP contribution in [0.2, 0.25) is 0 Å². The third-order valence-electron chi connectivity index (χ3n) is 3.42. The number of ether oxygens (including phenoxy) is 2. The van der Waals surface area contributed by atoms with Gasteiger partial charge in [0.15, 0.2) is 0 Å². The Morgan fingerprint density at radius 3 is 2.95 bits per heavy atom. The number of likely N-dealkylation sites (N-methyl/N-ethyl adjacent to an activating group) is 1. The fraction of sp³-hybridized carbons (Fsp3) is 0.600. The standard InChI is InChI=1S/C15H23N3O3/c1-18(2)8-10-21-14-5-9-20-11-13(14)17-15(19)12-3-6-16-7-4-12/h3-4,6-7,13-14H,5,8-11H2,1-2H3,(H,17,19)/t13-,14+/m1/s1. The number of nitrogens with zero attached hydrogens (tertiary/aromatic N) is 2. The Morgan fingerprint density at radius 1 is 1.48 bits per heavy atom. The Kier molecular flexibility index (Phi) is 6.10. The second kappa shape index (κ2) is 8.07. The SMILES string of the molecule is CN(C)CCO[C@H]1CCOC[C@H]1NC(=O)c1ccncc1. The number of hydrogen-bond donors (Lipinski definition) is 1. The molecule has 1 amide bonds. The maximum absolute atomic E-state index is 12.2. The molecule has 6 heteroatoms. The number of amides is 1. The molecule has 0 unspecified atom stereocenters. The first-order chi connectivity index (χ1) is 10.2. The molecule has 1 fully saturated rings. The molecule has 1 aromatic rings. The van der Waals surface area contributed by atoms with E-state index in [2.05, 4.69) is 15.2 Å². The van der Waals surface area contributed by atoms with E-state index in [1.807, 2.05) is 14.1 Å². The van der Waals surface area contributed by atoms with E-state index in [1.165, 1.54) is 0 Å². The molecule has 0 radical (unpaired) electrons. The van der Waals surface area contributed by atoms with E-state index < -0.39 is 0 Å². The van der Waals surface area contributed by atoms with E-state index in [4.69, 9.17) is 9.47 Å². The van der Waals surface area contributed by atoms with Gasteiger partial charge in [-0.2, -0.15) is 0 Å². The van der Waals surface area contributed by atoms with Crippen LogP contribution in [0.15, 0.2) is 24.5 Å². The summed E-state index contributed by atoms with van der Waals surface area (Å²) in [4.78, 5) is 18.2. The third-order valence-corrected chi connectivity index (χ3v) is 3.42. The molecule has 0 spiro atoms. The predicted octanol–water partition coefficient (Wildman–Crippen LogP) is 0.547. The average molecular weight is 293 g/mol. The van der Waals surface area contributed by atoms with Crippen LogP contribution in [0.4, 0.5) is 0 Å². The Bertz CT molecular complexity index is 439. The van der Waals surface area contributed by atoms with Crippen molar-refractivity contribution in [2.45, 2.75) is 18.6 Å². The quantitative estimate of drug-likeness (QED) is 0.830. The Labute approximate surface area is 125 Å². The van der Waals surface area contributed by atoms with Crippen molar-refractivity contribution in [2.75, 3.05) is 40.5 Å². The van der Waals surface area contributed by atoms with Crippen molar-refractivity contribution in [3.05, 3.63) is 30.1 Å². The molecule has 21 heavy (non-hydrogen) atoms. The first kappa shape index (κ1) is 15.9. The minimum Gasteiger partial charge on any atom is -0.379 e. The van der Waals surface area contributed by atoms with Crippen molar-refractivity contribution < 1.29 is 14.3 Å². The molecule has 0 bridgehead atoms. The summed E-state index contributed by atoms with van der Waals surface area (Å²) in [5, 5.41) is 2.99. The lowest BCUT2D eigenvalue weighted by Gasteiger charge is -2.32. The molecule has 0 aliphatic carbocycles. The van der Waals surface area contributed by atoms with Crippen LogP contribution in [-0.2, 0) is 9.47 Å². The highest BCUT2D eigenvalue weighted by Gasteiger charge is 2.28. The summed E-state index contributed by atoms with van der Waals surface area (Å²) in [6, 6.07) is 3.28. The zero-order chi connectivity index (χ0) is 15.1. The van der Waals surface area contributed by atoms with Gasteiger partial charge in [0.2, 0.25) is 0 Å². The van der Waals surface area contributed by atoms with Gasteiger partial charge in [-0.05, 0) is 32.6 Å². The largest absolute Gasteiger partial charge is 0.379 e. The predicted molar refractivity (Wildman–Crippen MR) is 79.2 cm³/mol. The second-order valence-corrected chi connectivity index (χ2v) is 5.39. The van der Waals surface area contributed by atoms with E-state index in [0.717, 1.165) is 13.0 Å². The number of pyridine rings is 1.